The maximum absolute atomic E-state index is 12.8. The Morgan fingerprint density at radius 2 is 1.92 bits per heavy atom. The van der Waals surface area contributed by atoms with Crippen molar-refractivity contribution in [3.05, 3.63) is 45.9 Å². The summed E-state index contributed by atoms with van der Waals surface area (Å²) in [7, 11) is 0. The zero-order valence-corrected chi connectivity index (χ0v) is 16.4. The Morgan fingerprint density at radius 1 is 1.15 bits per heavy atom. The van der Waals surface area contributed by atoms with Gasteiger partial charge in [0.05, 0.1) is 10.9 Å². The Hall–Kier alpha value is -2.12. The van der Waals surface area contributed by atoms with Gasteiger partial charge in [0, 0.05) is 40.5 Å². The van der Waals surface area contributed by atoms with Crippen LogP contribution in [0, 0.1) is 13.8 Å². The van der Waals surface area contributed by atoms with E-state index in [1.807, 2.05) is 48.3 Å². The average molecular weight is 385 g/mol. The van der Waals surface area contributed by atoms with Gasteiger partial charge < -0.3 is 10.2 Å². The highest BCUT2D eigenvalue weighted by Gasteiger charge is 2.22. The van der Waals surface area contributed by atoms with Gasteiger partial charge in [0.15, 0.2) is 0 Å². The van der Waals surface area contributed by atoms with Crippen LogP contribution in [-0.2, 0) is 0 Å². The number of carbonyl (C=O) groups is 1. The smallest absolute Gasteiger partial charge is 0.293 e. The average Bonchev–Trinajstić information content (AvgIpc) is 3.04. The highest BCUT2D eigenvalue weighted by Crippen LogP contribution is 2.32. The van der Waals surface area contributed by atoms with Crippen LogP contribution in [-0.4, -0.2) is 40.5 Å². The van der Waals surface area contributed by atoms with Gasteiger partial charge in [0.25, 0.3) is 5.91 Å². The van der Waals surface area contributed by atoms with Crippen LogP contribution < -0.4 is 10.2 Å². The second kappa shape index (κ2) is 7.25. The highest BCUT2D eigenvalue weighted by molar-refractivity contribution is 7.99. The van der Waals surface area contributed by atoms with Crippen LogP contribution in [0.15, 0.2) is 29.6 Å². The number of para-hydroxylation sites is 1. The molecule has 0 saturated carbocycles. The second-order valence-corrected chi connectivity index (χ2v) is 8.60. The van der Waals surface area contributed by atoms with Crippen LogP contribution in [0.25, 0.3) is 10.9 Å². The number of aryl methyl sites for hydroxylation is 2. The van der Waals surface area contributed by atoms with Crippen molar-refractivity contribution in [1.29, 1.82) is 0 Å². The minimum atomic E-state index is -0.266. The number of amides is 1. The van der Waals surface area contributed by atoms with Crippen molar-refractivity contribution < 1.29 is 4.79 Å². The standard InChI is InChI=1S/C19H20N4OS2/c1-12-5-3-4-6-14(12)21-19(24)17-20-15-11-26-13(2)16(15)18(22-17)23-7-9-25-10-8-23/h3-6,11H,7-10H2,1-2H3,(H,21,24). The number of thiophene rings is 1. The lowest BCUT2D eigenvalue weighted by Gasteiger charge is -2.28. The summed E-state index contributed by atoms with van der Waals surface area (Å²) in [4.78, 5) is 25.5. The summed E-state index contributed by atoms with van der Waals surface area (Å²) in [5, 5.41) is 6.04. The van der Waals surface area contributed by atoms with Crippen molar-refractivity contribution in [3.63, 3.8) is 0 Å². The molecule has 134 valence electrons. The molecule has 26 heavy (non-hydrogen) atoms. The van der Waals surface area contributed by atoms with E-state index >= 15 is 0 Å². The monoisotopic (exact) mass is 384 g/mol. The van der Waals surface area contributed by atoms with Gasteiger partial charge in [-0.05, 0) is 25.5 Å². The molecule has 1 aliphatic heterocycles. The molecule has 1 saturated heterocycles. The minimum Gasteiger partial charge on any atom is -0.354 e. The number of nitrogens with zero attached hydrogens (tertiary/aromatic N) is 3. The van der Waals surface area contributed by atoms with Gasteiger partial charge in [-0.15, -0.1) is 11.3 Å². The number of anilines is 2. The van der Waals surface area contributed by atoms with E-state index in [2.05, 4.69) is 27.1 Å². The number of thioether (sulfide) groups is 1. The third-order valence-corrected chi connectivity index (χ3v) is 6.37. The molecule has 0 unspecified atom stereocenters. The predicted molar refractivity (Wildman–Crippen MR) is 111 cm³/mol. The number of aromatic nitrogens is 2. The molecule has 4 rings (SSSR count). The minimum absolute atomic E-state index is 0.228. The van der Waals surface area contributed by atoms with Crippen LogP contribution in [0.2, 0.25) is 0 Å². The van der Waals surface area contributed by atoms with Crippen LogP contribution in [0.3, 0.4) is 0 Å². The lowest BCUT2D eigenvalue weighted by Crippen LogP contribution is -2.34. The van der Waals surface area contributed by atoms with Crippen molar-refractivity contribution in [2.45, 2.75) is 13.8 Å². The summed E-state index contributed by atoms with van der Waals surface area (Å²) in [5.41, 5.74) is 2.66. The fourth-order valence-electron chi connectivity index (χ4n) is 3.09. The highest BCUT2D eigenvalue weighted by atomic mass is 32.2. The van der Waals surface area contributed by atoms with Crippen LogP contribution in [0.1, 0.15) is 21.1 Å². The molecule has 0 bridgehead atoms. The maximum atomic E-state index is 12.8. The van der Waals surface area contributed by atoms with Crippen LogP contribution in [0.5, 0.6) is 0 Å². The topological polar surface area (TPSA) is 58.1 Å². The molecule has 0 atom stereocenters. The summed E-state index contributed by atoms with van der Waals surface area (Å²) >= 11 is 3.61. The van der Waals surface area contributed by atoms with E-state index in [1.165, 1.54) is 4.88 Å². The number of fused-ring (bicyclic) bond motifs is 1. The molecule has 0 radical (unpaired) electrons. The van der Waals surface area contributed by atoms with Gasteiger partial charge in [-0.1, -0.05) is 18.2 Å². The molecule has 0 spiro atoms. The van der Waals surface area contributed by atoms with Crippen molar-refractivity contribution in [2.75, 3.05) is 34.8 Å². The van der Waals surface area contributed by atoms with Crippen LogP contribution >= 0.6 is 23.1 Å². The Labute approximate surface area is 160 Å². The van der Waals surface area contributed by atoms with E-state index < -0.39 is 0 Å². The first-order valence-corrected chi connectivity index (χ1v) is 10.6. The van der Waals surface area contributed by atoms with Gasteiger partial charge in [-0.3, -0.25) is 4.79 Å². The van der Waals surface area contributed by atoms with Crippen molar-refractivity contribution in [2.24, 2.45) is 0 Å². The summed E-state index contributed by atoms with van der Waals surface area (Å²) in [5.74, 6) is 3.02. The largest absolute Gasteiger partial charge is 0.354 e. The van der Waals surface area contributed by atoms with Crippen LogP contribution in [0.4, 0.5) is 11.5 Å². The molecular formula is C19H20N4OS2. The number of nitrogens with one attached hydrogen (secondary N) is 1. The molecule has 7 heteroatoms. The number of rotatable bonds is 3. The molecule has 3 aromatic rings. The molecule has 1 aromatic carbocycles. The van der Waals surface area contributed by atoms with E-state index in [9.17, 15) is 4.79 Å². The van der Waals surface area contributed by atoms with E-state index in [4.69, 9.17) is 0 Å². The molecule has 5 nitrogen and oxygen atoms in total. The van der Waals surface area contributed by atoms with Gasteiger partial charge in [-0.25, -0.2) is 9.97 Å². The van der Waals surface area contributed by atoms with Gasteiger partial charge >= 0.3 is 0 Å². The van der Waals surface area contributed by atoms with Crippen molar-refractivity contribution in [1.82, 2.24) is 9.97 Å². The summed E-state index contributed by atoms with van der Waals surface area (Å²) in [6, 6.07) is 7.72. The summed E-state index contributed by atoms with van der Waals surface area (Å²) < 4.78 is 0. The summed E-state index contributed by atoms with van der Waals surface area (Å²) in [6.45, 7) is 5.96. The van der Waals surface area contributed by atoms with E-state index in [0.717, 1.165) is 52.6 Å². The summed E-state index contributed by atoms with van der Waals surface area (Å²) in [6.07, 6.45) is 0. The van der Waals surface area contributed by atoms with Crippen molar-refractivity contribution >= 4 is 51.4 Å². The van der Waals surface area contributed by atoms with Crippen molar-refractivity contribution in [3.8, 4) is 0 Å². The van der Waals surface area contributed by atoms with Gasteiger partial charge in [-0.2, -0.15) is 11.8 Å². The molecule has 1 amide bonds. The normalized spacial score (nSPS) is 14.6. The Morgan fingerprint density at radius 3 is 2.69 bits per heavy atom. The van der Waals surface area contributed by atoms with E-state index in [-0.39, 0.29) is 11.7 Å². The lowest BCUT2D eigenvalue weighted by molar-refractivity contribution is 0.101. The SMILES string of the molecule is Cc1ccccc1NC(=O)c1nc(N2CCSCC2)c2c(C)scc2n1. The third-order valence-electron chi connectivity index (χ3n) is 4.52. The Kier molecular flexibility index (Phi) is 4.82. The molecule has 1 fully saturated rings. The van der Waals surface area contributed by atoms with Gasteiger partial charge in [0.1, 0.15) is 5.82 Å². The number of hydrogen-bond donors (Lipinski definition) is 1. The Balaban J connectivity index is 1.73. The zero-order chi connectivity index (χ0) is 18.1. The first-order valence-electron chi connectivity index (χ1n) is 8.59. The zero-order valence-electron chi connectivity index (χ0n) is 14.8. The number of benzene rings is 1. The van der Waals surface area contributed by atoms with E-state index in [0.29, 0.717) is 0 Å². The fourth-order valence-corrected chi connectivity index (χ4v) is 4.76. The fraction of sp³-hybridized carbons (Fsp3) is 0.316. The lowest BCUT2D eigenvalue weighted by atomic mass is 10.2. The maximum Gasteiger partial charge on any atom is 0.293 e. The third kappa shape index (κ3) is 3.29. The quantitative estimate of drug-likeness (QED) is 0.736. The number of hydrogen-bond acceptors (Lipinski definition) is 6. The first kappa shape index (κ1) is 17.3. The molecular weight excluding hydrogens is 364 g/mol. The molecule has 3 heterocycles. The molecule has 1 N–H and O–H groups in total. The number of carbonyl (C=O) groups excluding carboxylic acids is 1. The predicted octanol–water partition coefficient (Wildman–Crippen LogP) is 4.11. The van der Waals surface area contributed by atoms with E-state index in [1.54, 1.807) is 11.3 Å². The molecule has 2 aromatic heterocycles. The first-order chi connectivity index (χ1) is 12.6. The van der Waals surface area contributed by atoms with Gasteiger partial charge in [0.2, 0.25) is 5.82 Å². The molecule has 1 aliphatic rings. The second-order valence-electron chi connectivity index (χ2n) is 6.29. The Bertz CT molecular complexity index is 963. The molecule has 0 aliphatic carbocycles.